The average molecular weight is 345 g/mol. The highest BCUT2D eigenvalue weighted by Gasteiger charge is 2.41. The topological polar surface area (TPSA) is 51.3 Å². The van der Waals surface area contributed by atoms with E-state index >= 15 is 0 Å². The Morgan fingerprint density at radius 3 is 2.62 bits per heavy atom. The maximum Gasteiger partial charge on any atom is 0.438 e. The first-order valence-corrected chi connectivity index (χ1v) is 7.46. The first-order chi connectivity index (χ1) is 11.3. The molecule has 1 aliphatic heterocycles. The molecule has 3 rings (SSSR count). The smallest absolute Gasteiger partial charge is 0.388 e. The van der Waals surface area contributed by atoms with Gasteiger partial charge in [0.2, 0.25) is 5.89 Å². The normalized spacial score (nSPS) is 19.6. The van der Waals surface area contributed by atoms with Crippen LogP contribution in [-0.4, -0.2) is 33.9 Å². The molecule has 1 aliphatic rings. The largest absolute Gasteiger partial charge is 0.438 e. The highest BCUT2D eigenvalue weighted by Crippen LogP contribution is 2.33. The van der Waals surface area contributed by atoms with Gasteiger partial charge in [0.15, 0.2) is 0 Å². The molecule has 9 heteroatoms. The highest BCUT2D eigenvalue weighted by atomic mass is 19.4. The lowest BCUT2D eigenvalue weighted by molar-refractivity contribution is -0.188. The van der Waals surface area contributed by atoms with Gasteiger partial charge in [-0.15, -0.1) is 5.10 Å². The van der Waals surface area contributed by atoms with Crippen LogP contribution in [0.1, 0.15) is 12.8 Å². The standard InChI is InChI=1S/C15H15F4N3O2/c16-12-5-3-10(4-6-12)13-20-22(14(23)24-13)9-21-7-1-2-11(8-21)15(17,18)19/h3-6,11H,1-2,7-9H2. The van der Waals surface area contributed by atoms with E-state index in [2.05, 4.69) is 5.10 Å². The molecule has 2 aromatic rings. The van der Waals surface area contributed by atoms with Gasteiger partial charge in [-0.2, -0.15) is 17.9 Å². The summed E-state index contributed by atoms with van der Waals surface area (Å²) in [6.45, 7) is 0.211. The molecule has 1 saturated heterocycles. The van der Waals surface area contributed by atoms with Crippen molar-refractivity contribution in [3.05, 3.63) is 40.6 Å². The lowest BCUT2D eigenvalue weighted by Crippen LogP contribution is -2.43. The van der Waals surface area contributed by atoms with Crippen LogP contribution in [-0.2, 0) is 6.67 Å². The van der Waals surface area contributed by atoms with Crippen molar-refractivity contribution in [2.45, 2.75) is 25.7 Å². The first kappa shape index (κ1) is 16.7. The minimum Gasteiger partial charge on any atom is -0.388 e. The quantitative estimate of drug-likeness (QED) is 0.803. The number of piperidine rings is 1. The van der Waals surface area contributed by atoms with Gasteiger partial charge in [-0.25, -0.2) is 9.18 Å². The van der Waals surface area contributed by atoms with Gasteiger partial charge in [0.05, 0.1) is 5.92 Å². The highest BCUT2D eigenvalue weighted by molar-refractivity contribution is 5.51. The summed E-state index contributed by atoms with van der Waals surface area (Å²) in [6, 6.07) is 5.22. The summed E-state index contributed by atoms with van der Waals surface area (Å²) in [5, 5.41) is 3.98. The van der Waals surface area contributed by atoms with Crippen LogP contribution < -0.4 is 5.76 Å². The second-order valence-corrected chi connectivity index (χ2v) is 5.78. The summed E-state index contributed by atoms with van der Waals surface area (Å²) in [5.41, 5.74) is 0.416. The summed E-state index contributed by atoms with van der Waals surface area (Å²) >= 11 is 0. The van der Waals surface area contributed by atoms with E-state index in [1.807, 2.05) is 0 Å². The summed E-state index contributed by atoms with van der Waals surface area (Å²) in [4.78, 5) is 13.4. The van der Waals surface area contributed by atoms with Crippen molar-refractivity contribution in [1.29, 1.82) is 0 Å². The molecular weight excluding hydrogens is 330 g/mol. The van der Waals surface area contributed by atoms with Crippen LogP contribution in [0.4, 0.5) is 17.6 Å². The maximum atomic E-state index is 12.9. The molecule has 0 N–H and O–H groups in total. The molecule has 0 amide bonds. The second kappa shape index (κ2) is 6.39. The van der Waals surface area contributed by atoms with Crippen molar-refractivity contribution in [2.75, 3.05) is 13.1 Å². The van der Waals surface area contributed by atoms with Gasteiger partial charge in [-0.1, -0.05) is 0 Å². The average Bonchev–Trinajstić information content (AvgIpc) is 2.88. The number of hydrogen-bond donors (Lipinski definition) is 0. The number of alkyl halides is 3. The lowest BCUT2D eigenvalue weighted by atomic mass is 9.98. The van der Waals surface area contributed by atoms with Crippen LogP contribution in [0.25, 0.3) is 11.5 Å². The van der Waals surface area contributed by atoms with Gasteiger partial charge in [0.25, 0.3) is 0 Å². The molecule has 5 nitrogen and oxygen atoms in total. The van der Waals surface area contributed by atoms with Gasteiger partial charge >= 0.3 is 11.9 Å². The van der Waals surface area contributed by atoms with Crippen molar-refractivity contribution in [3.63, 3.8) is 0 Å². The molecule has 2 heterocycles. The fourth-order valence-corrected chi connectivity index (χ4v) is 2.75. The van der Waals surface area contributed by atoms with E-state index in [-0.39, 0.29) is 25.5 Å². The third-order valence-electron chi connectivity index (χ3n) is 4.00. The zero-order valence-corrected chi connectivity index (χ0v) is 12.6. The van der Waals surface area contributed by atoms with Crippen LogP contribution in [0.15, 0.2) is 33.5 Å². The molecule has 0 bridgehead atoms. The molecule has 1 aromatic heterocycles. The summed E-state index contributed by atoms with van der Waals surface area (Å²) < 4.78 is 57.4. The molecule has 0 spiro atoms. The van der Waals surface area contributed by atoms with E-state index in [0.717, 1.165) is 4.68 Å². The molecular formula is C15H15F4N3O2. The molecule has 0 saturated carbocycles. The number of rotatable bonds is 3. The van der Waals surface area contributed by atoms with Crippen LogP contribution in [0.3, 0.4) is 0 Å². The molecule has 1 fully saturated rings. The van der Waals surface area contributed by atoms with E-state index in [1.54, 1.807) is 0 Å². The number of hydrogen-bond acceptors (Lipinski definition) is 4. The molecule has 1 atom stereocenters. The molecule has 130 valence electrons. The minimum absolute atomic E-state index is 0.00406. The van der Waals surface area contributed by atoms with Crippen molar-refractivity contribution in [1.82, 2.24) is 14.7 Å². The molecule has 24 heavy (non-hydrogen) atoms. The predicted octanol–water partition coefficient (Wildman–Crippen LogP) is 2.87. The van der Waals surface area contributed by atoms with E-state index in [9.17, 15) is 22.4 Å². The number of halogens is 4. The summed E-state index contributed by atoms with van der Waals surface area (Å²) in [7, 11) is 0. The zero-order chi connectivity index (χ0) is 17.3. The third kappa shape index (κ3) is 3.66. The Bertz CT molecular complexity index is 751. The lowest BCUT2D eigenvalue weighted by Gasteiger charge is -2.33. The Morgan fingerprint density at radius 1 is 1.25 bits per heavy atom. The van der Waals surface area contributed by atoms with Crippen molar-refractivity contribution >= 4 is 0 Å². The molecule has 0 radical (unpaired) electrons. The molecule has 1 unspecified atom stereocenters. The zero-order valence-electron chi connectivity index (χ0n) is 12.6. The summed E-state index contributed by atoms with van der Waals surface area (Å²) in [6.07, 6.45) is -3.75. The first-order valence-electron chi connectivity index (χ1n) is 7.46. The van der Waals surface area contributed by atoms with Gasteiger partial charge in [-0.05, 0) is 43.7 Å². The van der Waals surface area contributed by atoms with Gasteiger partial charge < -0.3 is 4.42 Å². The third-order valence-corrected chi connectivity index (χ3v) is 4.00. The van der Waals surface area contributed by atoms with Crippen molar-refractivity contribution < 1.29 is 22.0 Å². The Labute approximate surface area is 134 Å². The molecule has 1 aromatic carbocycles. The van der Waals surface area contributed by atoms with E-state index in [4.69, 9.17) is 4.42 Å². The molecule has 0 aliphatic carbocycles. The van der Waals surface area contributed by atoms with E-state index < -0.39 is 23.7 Å². The van der Waals surface area contributed by atoms with Crippen molar-refractivity contribution in [2.24, 2.45) is 5.92 Å². The predicted molar refractivity (Wildman–Crippen MR) is 76.5 cm³/mol. The van der Waals surface area contributed by atoms with Gasteiger partial charge in [-0.3, -0.25) is 4.90 Å². The Balaban J connectivity index is 1.74. The minimum atomic E-state index is -4.24. The van der Waals surface area contributed by atoms with E-state index in [1.165, 1.54) is 29.2 Å². The fraction of sp³-hybridized carbons (Fsp3) is 0.467. The van der Waals surface area contributed by atoms with Gasteiger partial charge in [0, 0.05) is 12.1 Å². The Kier molecular flexibility index (Phi) is 4.44. The van der Waals surface area contributed by atoms with Crippen molar-refractivity contribution in [3.8, 4) is 11.5 Å². The SMILES string of the molecule is O=c1oc(-c2ccc(F)cc2)nn1CN1CCCC(C(F)(F)F)C1. The second-order valence-electron chi connectivity index (χ2n) is 5.78. The Hall–Kier alpha value is -2.16. The maximum absolute atomic E-state index is 12.9. The number of aromatic nitrogens is 2. The number of benzene rings is 1. The van der Waals surface area contributed by atoms with Crippen LogP contribution in [0, 0.1) is 11.7 Å². The van der Waals surface area contributed by atoms with E-state index in [0.29, 0.717) is 18.5 Å². The monoisotopic (exact) mass is 345 g/mol. The van der Waals surface area contributed by atoms with Crippen LogP contribution >= 0.6 is 0 Å². The van der Waals surface area contributed by atoms with Crippen LogP contribution in [0.2, 0.25) is 0 Å². The van der Waals surface area contributed by atoms with Gasteiger partial charge in [0.1, 0.15) is 12.5 Å². The fourth-order valence-electron chi connectivity index (χ4n) is 2.75. The summed E-state index contributed by atoms with van der Waals surface area (Å²) in [5.74, 6) is -2.59. The number of nitrogens with zero attached hydrogens (tertiary/aromatic N) is 3. The Morgan fingerprint density at radius 2 is 1.96 bits per heavy atom. The van der Waals surface area contributed by atoms with Crippen LogP contribution in [0.5, 0.6) is 0 Å². The number of likely N-dealkylation sites (tertiary alicyclic amines) is 1.